The van der Waals surface area contributed by atoms with Gasteiger partial charge in [-0.25, -0.2) is 0 Å². The Labute approximate surface area is 136 Å². The summed E-state index contributed by atoms with van der Waals surface area (Å²) in [5.74, 6) is -2.02. The van der Waals surface area contributed by atoms with Gasteiger partial charge in [0.25, 0.3) is 0 Å². The molecule has 5 nitrogen and oxygen atoms in total. The van der Waals surface area contributed by atoms with Crippen molar-refractivity contribution in [3.63, 3.8) is 0 Å². The zero-order chi connectivity index (χ0) is 16.4. The highest BCUT2D eigenvalue weighted by molar-refractivity contribution is 6.40. The first-order valence-electron chi connectivity index (χ1n) is 6.17. The van der Waals surface area contributed by atoms with Crippen molar-refractivity contribution < 1.29 is 25.2 Å². The van der Waals surface area contributed by atoms with E-state index >= 15 is 0 Å². The van der Waals surface area contributed by atoms with Crippen molar-refractivity contribution in [2.45, 2.75) is 10.8 Å². The molecule has 4 N–H and O–H groups in total. The topological polar surface area (TPSA) is 98.0 Å². The van der Waals surface area contributed by atoms with Gasteiger partial charge in [0.05, 0.1) is 0 Å². The van der Waals surface area contributed by atoms with Gasteiger partial charge in [0.1, 0.15) is 10.8 Å². The van der Waals surface area contributed by atoms with Gasteiger partial charge >= 0.3 is 0 Å². The molecule has 116 valence electrons. The number of phenolic OH excluding ortho intramolecular Hbond substituents is 4. The molecule has 2 aromatic rings. The Morgan fingerprint density at radius 3 is 1.41 bits per heavy atom. The molecule has 2 rings (SSSR count). The molecule has 7 heteroatoms. The summed E-state index contributed by atoms with van der Waals surface area (Å²) in [6.45, 7) is 0. The van der Waals surface area contributed by atoms with Crippen LogP contribution in [0.2, 0.25) is 0 Å². The average molecular weight is 343 g/mol. The number of benzene rings is 2. The number of alkyl halides is 2. The number of phenols is 4. The Morgan fingerprint density at radius 2 is 1.09 bits per heavy atom. The smallest absolute Gasteiger partial charge is 0.177 e. The minimum Gasteiger partial charge on any atom is -0.504 e. The first-order chi connectivity index (χ1) is 10.3. The maximum absolute atomic E-state index is 12.3. The number of carbonyl (C=O) groups excluding carboxylic acids is 1. The fraction of sp³-hybridized carbons (Fsp3) is 0.133. The van der Waals surface area contributed by atoms with E-state index in [0.29, 0.717) is 0 Å². The molecule has 2 aromatic carbocycles. The maximum Gasteiger partial charge on any atom is 0.177 e. The molecule has 0 aliphatic carbocycles. The lowest BCUT2D eigenvalue weighted by molar-refractivity contribution is -0.118. The van der Waals surface area contributed by atoms with E-state index in [1.165, 1.54) is 36.4 Å². The molecule has 0 saturated carbocycles. The molecular formula is C15H12Cl2O5. The molecule has 0 saturated heterocycles. The summed E-state index contributed by atoms with van der Waals surface area (Å²) in [5, 5.41) is 35.1. The Kier molecular flexibility index (Phi) is 4.68. The van der Waals surface area contributed by atoms with Crippen LogP contribution >= 0.6 is 23.2 Å². The van der Waals surface area contributed by atoms with Crippen LogP contribution in [0.3, 0.4) is 0 Å². The number of hydrogen-bond donors (Lipinski definition) is 4. The van der Waals surface area contributed by atoms with Crippen molar-refractivity contribution in [2.24, 2.45) is 0 Å². The molecule has 2 unspecified atom stereocenters. The van der Waals surface area contributed by atoms with Crippen LogP contribution in [-0.2, 0) is 4.79 Å². The van der Waals surface area contributed by atoms with Gasteiger partial charge in [-0.05, 0) is 35.4 Å². The lowest BCUT2D eigenvalue weighted by Crippen LogP contribution is -2.13. The van der Waals surface area contributed by atoms with E-state index in [1.54, 1.807) is 0 Å². The first-order valence-corrected chi connectivity index (χ1v) is 7.04. The van der Waals surface area contributed by atoms with Crippen molar-refractivity contribution in [3.8, 4) is 23.0 Å². The fourth-order valence-electron chi connectivity index (χ4n) is 1.85. The lowest BCUT2D eigenvalue weighted by atomic mass is 10.0. The van der Waals surface area contributed by atoms with Crippen LogP contribution < -0.4 is 0 Å². The van der Waals surface area contributed by atoms with E-state index in [1.807, 2.05) is 0 Å². The van der Waals surface area contributed by atoms with Crippen molar-refractivity contribution >= 4 is 29.0 Å². The van der Waals surface area contributed by atoms with Crippen LogP contribution in [0.15, 0.2) is 36.4 Å². The summed E-state index contributed by atoms with van der Waals surface area (Å²) >= 11 is 12.1. The maximum atomic E-state index is 12.3. The van der Waals surface area contributed by atoms with E-state index in [0.717, 1.165) is 0 Å². The summed E-state index contributed by atoms with van der Waals surface area (Å²) in [5.41, 5.74) is 0.547. The molecule has 2 atom stereocenters. The van der Waals surface area contributed by atoms with Gasteiger partial charge in [-0.3, -0.25) is 4.79 Å². The Hall–Kier alpha value is -2.11. The number of Topliss-reactive ketones (excluding diaryl/α,β-unsaturated/α-hetero) is 1. The number of carbonyl (C=O) groups is 1. The largest absolute Gasteiger partial charge is 0.504 e. The van der Waals surface area contributed by atoms with Crippen LogP contribution in [0.1, 0.15) is 21.9 Å². The van der Waals surface area contributed by atoms with Gasteiger partial charge < -0.3 is 20.4 Å². The predicted molar refractivity (Wildman–Crippen MR) is 81.7 cm³/mol. The number of ketones is 1. The Balaban J connectivity index is 2.25. The van der Waals surface area contributed by atoms with E-state index < -0.39 is 28.0 Å². The highest BCUT2D eigenvalue weighted by atomic mass is 35.5. The SMILES string of the molecule is O=C(C(Cl)c1ccc(O)c(O)c1)C(Cl)c1ccc(O)c(O)c1. The second kappa shape index (κ2) is 6.34. The second-order valence-electron chi connectivity index (χ2n) is 4.62. The molecule has 0 aliphatic rings. The summed E-state index contributed by atoms with van der Waals surface area (Å²) in [4.78, 5) is 12.3. The molecule has 0 amide bonds. The van der Waals surface area contributed by atoms with Gasteiger partial charge in [0.2, 0.25) is 0 Å². The zero-order valence-electron chi connectivity index (χ0n) is 11.1. The predicted octanol–water partition coefficient (Wildman–Crippen LogP) is 3.34. The van der Waals surface area contributed by atoms with Gasteiger partial charge in [-0.1, -0.05) is 12.1 Å². The normalized spacial score (nSPS) is 13.5. The van der Waals surface area contributed by atoms with Crippen molar-refractivity contribution in [3.05, 3.63) is 47.5 Å². The Bertz CT molecular complexity index is 658. The standard InChI is InChI=1S/C15H12Cl2O5/c16-13(7-1-3-9(18)11(20)5-7)15(22)14(17)8-2-4-10(19)12(21)6-8/h1-6,13-14,18-21H. The van der Waals surface area contributed by atoms with Crippen LogP contribution in [0, 0.1) is 0 Å². The third kappa shape index (κ3) is 3.21. The zero-order valence-corrected chi connectivity index (χ0v) is 12.6. The highest BCUT2D eigenvalue weighted by Gasteiger charge is 2.27. The average Bonchev–Trinajstić information content (AvgIpc) is 2.50. The molecule has 22 heavy (non-hydrogen) atoms. The highest BCUT2D eigenvalue weighted by Crippen LogP contribution is 2.37. The van der Waals surface area contributed by atoms with Gasteiger partial charge in [-0.2, -0.15) is 0 Å². The number of rotatable bonds is 4. The van der Waals surface area contributed by atoms with Crippen molar-refractivity contribution in [1.29, 1.82) is 0 Å². The van der Waals surface area contributed by atoms with Crippen LogP contribution in [-0.4, -0.2) is 26.2 Å². The van der Waals surface area contributed by atoms with Crippen molar-refractivity contribution in [2.75, 3.05) is 0 Å². The fourth-order valence-corrected chi connectivity index (χ4v) is 2.44. The van der Waals surface area contributed by atoms with E-state index in [9.17, 15) is 25.2 Å². The van der Waals surface area contributed by atoms with E-state index in [-0.39, 0.29) is 22.6 Å². The van der Waals surface area contributed by atoms with E-state index in [4.69, 9.17) is 23.2 Å². The number of hydrogen-bond acceptors (Lipinski definition) is 5. The van der Waals surface area contributed by atoms with Crippen LogP contribution in [0.5, 0.6) is 23.0 Å². The van der Waals surface area contributed by atoms with Gasteiger partial charge in [0, 0.05) is 0 Å². The molecule has 0 heterocycles. The van der Waals surface area contributed by atoms with Crippen molar-refractivity contribution in [1.82, 2.24) is 0 Å². The third-order valence-electron chi connectivity index (χ3n) is 3.08. The minimum absolute atomic E-state index is 0.274. The summed E-state index contributed by atoms with van der Waals surface area (Å²) in [6.07, 6.45) is 0. The molecule has 0 aliphatic heterocycles. The third-order valence-corrected chi connectivity index (χ3v) is 4.02. The summed E-state index contributed by atoms with van der Waals surface area (Å²) in [6, 6.07) is 7.54. The summed E-state index contributed by atoms with van der Waals surface area (Å²) < 4.78 is 0. The quantitative estimate of drug-likeness (QED) is 0.504. The first kappa shape index (κ1) is 16.3. The summed E-state index contributed by atoms with van der Waals surface area (Å²) in [7, 11) is 0. The van der Waals surface area contributed by atoms with Gasteiger partial charge in [0.15, 0.2) is 28.8 Å². The molecule has 0 aromatic heterocycles. The minimum atomic E-state index is -1.15. The number of halogens is 2. The molecule has 0 radical (unpaired) electrons. The van der Waals surface area contributed by atoms with Gasteiger partial charge in [-0.15, -0.1) is 23.2 Å². The monoisotopic (exact) mass is 342 g/mol. The molecular weight excluding hydrogens is 331 g/mol. The molecule has 0 spiro atoms. The Morgan fingerprint density at radius 1 is 0.727 bits per heavy atom. The molecule has 0 bridgehead atoms. The number of aromatic hydroxyl groups is 4. The van der Waals surface area contributed by atoms with Crippen LogP contribution in [0.25, 0.3) is 0 Å². The van der Waals surface area contributed by atoms with Crippen LogP contribution in [0.4, 0.5) is 0 Å². The molecule has 0 fully saturated rings. The lowest BCUT2D eigenvalue weighted by Gasteiger charge is -2.15. The second-order valence-corrected chi connectivity index (χ2v) is 5.50. The van der Waals surface area contributed by atoms with E-state index in [2.05, 4.69) is 0 Å².